The molecule has 1 aromatic carbocycles. The molecule has 0 aliphatic carbocycles. The number of hydrogen-bond donors (Lipinski definition) is 0. The number of fused-ring (bicyclic) bond motifs is 1. The van der Waals surface area contributed by atoms with Gasteiger partial charge in [-0.15, -0.1) is 0 Å². The van der Waals surface area contributed by atoms with Crippen molar-refractivity contribution in [1.82, 2.24) is 9.55 Å². The average molecular weight is 396 g/mol. The van der Waals surface area contributed by atoms with Crippen LogP contribution >= 0.6 is 20.7 Å². The van der Waals surface area contributed by atoms with Crippen molar-refractivity contribution < 1.29 is 4.39 Å². The van der Waals surface area contributed by atoms with Crippen molar-refractivity contribution >= 4 is 26.8 Å². The van der Waals surface area contributed by atoms with Crippen molar-refractivity contribution in [3.05, 3.63) is 59.2 Å². The van der Waals surface area contributed by atoms with Crippen LogP contribution in [-0.4, -0.2) is 9.55 Å². The van der Waals surface area contributed by atoms with Crippen molar-refractivity contribution in [3.8, 4) is 11.3 Å². The van der Waals surface area contributed by atoms with Crippen LogP contribution in [0.25, 0.3) is 17.3 Å². The molecule has 1 aromatic heterocycles. The van der Waals surface area contributed by atoms with E-state index in [0.29, 0.717) is 11.3 Å². The zero-order valence-corrected chi connectivity index (χ0v) is 13.8. The minimum Gasteiger partial charge on any atom is -0.298 e. The lowest BCUT2D eigenvalue weighted by Gasteiger charge is -2.13. The molecule has 0 spiro atoms. The largest absolute Gasteiger partial charge is 0.298 e. The highest BCUT2D eigenvalue weighted by Crippen LogP contribution is 2.16. The van der Waals surface area contributed by atoms with Crippen LogP contribution < -0.4 is 10.9 Å². The molecule has 0 saturated heterocycles. The predicted octanol–water partition coefficient (Wildman–Crippen LogP) is 3.16. The fraction of sp³-hybridized carbons (Fsp3) is 0.188. The molecule has 0 unspecified atom stereocenters. The Balaban J connectivity index is 2.37. The second-order valence-electron chi connectivity index (χ2n) is 5.01. The predicted molar refractivity (Wildman–Crippen MR) is 90.4 cm³/mol. The number of allylic oxidation sites excluding steroid dienone is 1. The van der Waals surface area contributed by atoms with Crippen molar-refractivity contribution in [1.29, 1.82) is 0 Å². The first-order chi connectivity index (χ1) is 10.1. The van der Waals surface area contributed by atoms with Gasteiger partial charge >= 0.3 is 0 Å². The maximum absolute atomic E-state index is 13.1. The van der Waals surface area contributed by atoms with E-state index in [-0.39, 0.29) is 38.1 Å². The van der Waals surface area contributed by atoms with E-state index in [9.17, 15) is 9.18 Å². The van der Waals surface area contributed by atoms with E-state index in [4.69, 9.17) is 0 Å². The topological polar surface area (TPSA) is 34.9 Å². The summed E-state index contributed by atoms with van der Waals surface area (Å²) < 4.78 is 18.1. The highest BCUT2D eigenvalue weighted by atomic mass is 127. The molecule has 3 nitrogen and oxygen atoms in total. The second-order valence-corrected chi connectivity index (χ2v) is 7.37. The molecule has 0 fully saturated rings. The second kappa shape index (κ2) is 5.63. The van der Waals surface area contributed by atoms with Crippen LogP contribution in [-0.2, 0) is 0 Å². The first-order valence-corrected chi connectivity index (χ1v) is 8.96. The molecule has 0 saturated carbocycles. The number of benzene rings is 1. The molecular formula is C16H14FIN2O. The van der Waals surface area contributed by atoms with Crippen LogP contribution in [0.15, 0.2) is 39.2 Å². The Hall–Kier alpha value is -1.63. The van der Waals surface area contributed by atoms with Gasteiger partial charge in [-0.3, -0.25) is 9.36 Å². The van der Waals surface area contributed by atoms with E-state index in [0.717, 1.165) is 8.63 Å². The fourth-order valence-electron chi connectivity index (χ4n) is 2.24. The van der Waals surface area contributed by atoms with E-state index in [1.54, 1.807) is 12.1 Å². The lowest BCUT2D eigenvalue weighted by atomic mass is 10.1. The van der Waals surface area contributed by atoms with Crippen LogP contribution in [0.5, 0.6) is 0 Å². The normalized spacial score (nSPS) is 13.1. The summed E-state index contributed by atoms with van der Waals surface area (Å²) in [7, 11) is 0. The van der Waals surface area contributed by atoms with Crippen molar-refractivity contribution in [2.75, 3.05) is 0 Å². The Labute approximate surface area is 131 Å². The Morgan fingerprint density at radius 3 is 2.62 bits per heavy atom. The minimum absolute atomic E-state index is 0.0769. The lowest BCUT2D eigenvalue weighted by molar-refractivity contribution is 0.566. The van der Waals surface area contributed by atoms with Gasteiger partial charge in [-0.25, -0.2) is 9.37 Å². The molecule has 3 rings (SSSR count). The molecule has 5 heteroatoms. The Bertz CT molecular complexity index is 896. The zero-order valence-electron chi connectivity index (χ0n) is 11.7. The zero-order chi connectivity index (χ0) is 15.0. The summed E-state index contributed by atoms with van der Waals surface area (Å²) in [6.45, 7) is 4.00. The summed E-state index contributed by atoms with van der Waals surface area (Å²) in [5, 5.41) is 0.859. The number of aromatic nitrogens is 2. The Morgan fingerprint density at radius 2 is 1.95 bits per heavy atom. The van der Waals surface area contributed by atoms with Crippen LogP contribution in [0, 0.1) is 9.10 Å². The van der Waals surface area contributed by atoms with Gasteiger partial charge in [-0.05, 0) is 48.3 Å². The summed E-state index contributed by atoms with van der Waals surface area (Å²) >= 11 is -0.337. The van der Waals surface area contributed by atoms with Gasteiger partial charge in [0.25, 0.3) is 5.56 Å². The van der Waals surface area contributed by atoms with Crippen molar-refractivity contribution in [3.63, 3.8) is 0 Å². The standard InChI is InChI=1S/C16H14FIN2O/c1-10(2)20-15-13(4-3-9-18-15)19-14(16(20)21)11-5-7-12(17)8-6-11/h3-10H,1-2H3. The average Bonchev–Trinajstić information content (AvgIpc) is 2.47. The van der Waals surface area contributed by atoms with E-state index in [2.05, 4.69) is 9.07 Å². The van der Waals surface area contributed by atoms with E-state index in [1.165, 1.54) is 12.1 Å². The molecule has 0 bridgehead atoms. The van der Waals surface area contributed by atoms with Gasteiger partial charge in [0.05, 0.1) is 5.35 Å². The highest BCUT2D eigenvalue weighted by Gasteiger charge is 2.13. The van der Waals surface area contributed by atoms with Gasteiger partial charge in [-0.1, -0.05) is 26.8 Å². The third-order valence-corrected chi connectivity index (χ3v) is 5.64. The van der Waals surface area contributed by atoms with Crippen molar-refractivity contribution in [2.45, 2.75) is 19.9 Å². The Morgan fingerprint density at radius 1 is 1.24 bits per heavy atom. The van der Waals surface area contributed by atoms with E-state index < -0.39 is 0 Å². The van der Waals surface area contributed by atoms with Crippen LogP contribution in [0.1, 0.15) is 19.9 Å². The smallest absolute Gasteiger partial charge is 0.278 e. The van der Waals surface area contributed by atoms with Gasteiger partial charge in [0.2, 0.25) is 0 Å². The van der Waals surface area contributed by atoms with Gasteiger partial charge in [0.15, 0.2) is 0 Å². The summed E-state index contributed by atoms with van der Waals surface area (Å²) in [5.74, 6) is -0.318. The Kier molecular flexibility index (Phi) is 3.84. The minimum atomic E-state index is -0.337. The lowest BCUT2D eigenvalue weighted by Crippen LogP contribution is -2.32. The van der Waals surface area contributed by atoms with Crippen LogP contribution in [0.3, 0.4) is 0 Å². The summed E-state index contributed by atoms with van der Waals surface area (Å²) in [5.41, 5.74) is 0.941. The van der Waals surface area contributed by atoms with E-state index in [1.807, 2.05) is 30.6 Å². The van der Waals surface area contributed by atoms with Crippen molar-refractivity contribution in [2.24, 2.45) is 0 Å². The quantitative estimate of drug-likeness (QED) is 0.732. The number of hydrogen-bond acceptors (Lipinski definition) is 2. The molecule has 1 aliphatic heterocycles. The molecule has 0 N–H and O–H groups in total. The number of rotatable bonds is 2. The molecule has 0 atom stereocenters. The van der Waals surface area contributed by atoms with E-state index >= 15 is 0 Å². The molecule has 21 heavy (non-hydrogen) atoms. The van der Waals surface area contributed by atoms with Gasteiger partial charge in [0, 0.05) is 11.6 Å². The number of nitrogens with zero attached hydrogens (tertiary/aromatic N) is 2. The third kappa shape index (κ3) is 2.62. The molecule has 0 amide bonds. The first-order valence-electron chi connectivity index (χ1n) is 6.63. The van der Waals surface area contributed by atoms with Gasteiger partial charge in [0.1, 0.15) is 14.8 Å². The SMILES string of the molecule is CC(C)n1c(=O)c(-c2ccc(F)cc2)nc2c1=IC=CC=2. The molecular weight excluding hydrogens is 382 g/mol. The number of halogens is 2. The fourth-order valence-corrected chi connectivity index (χ4v) is 4.69. The monoisotopic (exact) mass is 396 g/mol. The van der Waals surface area contributed by atoms with Gasteiger partial charge < -0.3 is 0 Å². The maximum atomic E-state index is 13.1. The summed E-state index contributed by atoms with van der Waals surface area (Å²) in [4.78, 5) is 17.3. The molecule has 2 aromatic rings. The van der Waals surface area contributed by atoms with Crippen LogP contribution in [0.2, 0.25) is 0 Å². The third-order valence-electron chi connectivity index (χ3n) is 3.20. The summed E-state index contributed by atoms with van der Waals surface area (Å²) in [6.07, 6.45) is 3.93. The molecule has 2 heterocycles. The van der Waals surface area contributed by atoms with Gasteiger partial charge in [-0.2, -0.15) is 0 Å². The van der Waals surface area contributed by atoms with Crippen LogP contribution in [0.4, 0.5) is 4.39 Å². The highest BCUT2D eigenvalue weighted by molar-refractivity contribution is 14.2. The molecule has 0 radical (unpaired) electrons. The maximum Gasteiger partial charge on any atom is 0.278 e. The molecule has 108 valence electrons. The first kappa shape index (κ1) is 14.3. The molecule has 1 aliphatic rings. The summed E-state index contributed by atoms with van der Waals surface area (Å²) in [6, 6.07) is 5.99.